The fourth-order valence-corrected chi connectivity index (χ4v) is 4.99. The summed E-state index contributed by atoms with van der Waals surface area (Å²) in [7, 11) is -3.75. The Morgan fingerprint density at radius 1 is 1.10 bits per heavy atom. The molecule has 3 rings (SSSR count). The summed E-state index contributed by atoms with van der Waals surface area (Å²) in [4.78, 5) is 12.2. The molecule has 1 aliphatic heterocycles. The van der Waals surface area contributed by atoms with Gasteiger partial charge in [-0.25, -0.2) is 8.42 Å². The maximum atomic E-state index is 12.9. The van der Waals surface area contributed by atoms with E-state index in [-0.39, 0.29) is 30.2 Å². The van der Waals surface area contributed by atoms with E-state index in [1.54, 1.807) is 30.0 Å². The van der Waals surface area contributed by atoms with Crippen LogP contribution >= 0.6 is 0 Å². The smallest absolute Gasteiger partial charge is 0.363 e. The number of nitrogens with zero attached hydrogens (tertiary/aromatic N) is 3. The van der Waals surface area contributed by atoms with E-state index >= 15 is 0 Å². The molecule has 0 amide bonds. The number of anilines is 1. The van der Waals surface area contributed by atoms with Gasteiger partial charge in [-0.05, 0) is 31.2 Å². The SMILES string of the molecule is C[C@@H]1CN(c2ccc(C(F)(F)F)cc2[N+](=O)[O-])CCN1S(=O)(=O)c1ccccc1. The molecule has 156 valence electrons. The van der Waals surface area contributed by atoms with Crippen molar-refractivity contribution >= 4 is 21.4 Å². The number of nitro groups is 1. The molecular weight excluding hydrogens is 411 g/mol. The molecule has 2 aromatic rings. The van der Waals surface area contributed by atoms with Crippen molar-refractivity contribution in [1.82, 2.24) is 4.31 Å². The van der Waals surface area contributed by atoms with Crippen molar-refractivity contribution in [1.29, 1.82) is 0 Å². The average Bonchev–Trinajstić information content (AvgIpc) is 2.67. The Morgan fingerprint density at radius 2 is 1.76 bits per heavy atom. The standard InChI is InChI=1S/C18H18F3N3O4S/c1-13-12-22(9-10-23(13)29(27,28)15-5-3-2-4-6-15)16-8-7-14(18(19,20)21)11-17(16)24(25)26/h2-8,11,13H,9-10,12H2,1H3/t13-/m1/s1. The molecule has 0 bridgehead atoms. The van der Waals surface area contributed by atoms with Crippen LogP contribution in [0, 0.1) is 10.1 Å². The zero-order valence-corrected chi connectivity index (χ0v) is 16.2. The molecular formula is C18H18F3N3O4S. The van der Waals surface area contributed by atoms with E-state index in [4.69, 9.17) is 0 Å². The number of hydrogen-bond donors (Lipinski definition) is 0. The molecule has 0 unspecified atom stereocenters. The second-order valence-corrected chi connectivity index (χ2v) is 8.57. The minimum absolute atomic E-state index is 0.0339. The van der Waals surface area contributed by atoms with Crippen molar-refractivity contribution in [2.75, 3.05) is 24.5 Å². The lowest BCUT2D eigenvalue weighted by atomic mass is 10.1. The zero-order valence-electron chi connectivity index (χ0n) is 15.3. The quantitative estimate of drug-likeness (QED) is 0.549. The van der Waals surface area contributed by atoms with Crippen LogP contribution in [-0.4, -0.2) is 43.3 Å². The lowest BCUT2D eigenvalue weighted by molar-refractivity contribution is -0.384. The van der Waals surface area contributed by atoms with Crippen LogP contribution in [0.1, 0.15) is 12.5 Å². The van der Waals surface area contributed by atoms with Gasteiger partial charge in [0.15, 0.2) is 0 Å². The predicted molar refractivity (Wildman–Crippen MR) is 100 cm³/mol. The van der Waals surface area contributed by atoms with Gasteiger partial charge in [0, 0.05) is 31.7 Å². The molecule has 0 N–H and O–H groups in total. The fraction of sp³-hybridized carbons (Fsp3) is 0.333. The second-order valence-electron chi connectivity index (χ2n) is 6.68. The first kappa shape index (κ1) is 21.1. The van der Waals surface area contributed by atoms with E-state index in [1.165, 1.54) is 16.4 Å². The Balaban J connectivity index is 1.87. The highest BCUT2D eigenvalue weighted by atomic mass is 32.2. The molecule has 1 aliphatic rings. The topological polar surface area (TPSA) is 83.8 Å². The Kier molecular flexibility index (Phi) is 5.54. The molecule has 2 aromatic carbocycles. The first-order valence-electron chi connectivity index (χ1n) is 8.69. The number of piperazine rings is 1. The van der Waals surface area contributed by atoms with Gasteiger partial charge in [-0.1, -0.05) is 18.2 Å². The molecule has 7 nitrogen and oxygen atoms in total. The highest BCUT2D eigenvalue weighted by Gasteiger charge is 2.37. The number of hydrogen-bond acceptors (Lipinski definition) is 5. The molecule has 29 heavy (non-hydrogen) atoms. The number of alkyl halides is 3. The van der Waals surface area contributed by atoms with Gasteiger partial charge >= 0.3 is 6.18 Å². The van der Waals surface area contributed by atoms with Gasteiger partial charge in [0.1, 0.15) is 5.69 Å². The minimum atomic E-state index is -4.70. The summed E-state index contributed by atoms with van der Waals surface area (Å²) in [6.07, 6.45) is -4.70. The summed E-state index contributed by atoms with van der Waals surface area (Å²) in [5.41, 5.74) is -1.73. The second kappa shape index (κ2) is 7.64. The number of nitro benzene ring substituents is 1. The molecule has 1 saturated heterocycles. The fourth-order valence-electron chi connectivity index (χ4n) is 3.36. The lowest BCUT2D eigenvalue weighted by Crippen LogP contribution is -2.54. The summed E-state index contributed by atoms with van der Waals surface area (Å²) >= 11 is 0. The summed E-state index contributed by atoms with van der Waals surface area (Å²) in [6, 6.07) is 9.71. The molecule has 0 aliphatic carbocycles. The molecule has 11 heteroatoms. The molecule has 0 aromatic heterocycles. The van der Waals surface area contributed by atoms with Crippen LogP contribution in [0.4, 0.5) is 24.5 Å². The third kappa shape index (κ3) is 4.20. The van der Waals surface area contributed by atoms with E-state index in [1.807, 2.05) is 0 Å². The van der Waals surface area contributed by atoms with Gasteiger partial charge in [-0.2, -0.15) is 17.5 Å². The molecule has 1 heterocycles. The first-order valence-corrected chi connectivity index (χ1v) is 10.1. The van der Waals surface area contributed by atoms with Crippen molar-refractivity contribution < 1.29 is 26.5 Å². The van der Waals surface area contributed by atoms with Crippen LogP contribution in [0.3, 0.4) is 0 Å². The monoisotopic (exact) mass is 429 g/mol. The molecule has 0 saturated carbocycles. The van der Waals surface area contributed by atoms with Crippen LogP contribution in [0.5, 0.6) is 0 Å². The molecule has 1 atom stereocenters. The highest BCUT2D eigenvalue weighted by Crippen LogP contribution is 2.37. The summed E-state index contributed by atoms with van der Waals surface area (Å²) in [5, 5.41) is 11.3. The number of rotatable bonds is 4. The molecule has 1 fully saturated rings. The van der Waals surface area contributed by atoms with Crippen molar-refractivity contribution in [3.05, 3.63) is 64.2 Å². The number of sulfonamides is 1. The summed E-state index contributed by atoms with van der Waals surface area (Å²) < 4.78 is 65.7. The van der Waals surface area contributed by atoms with Gasteiger partial charge in [0.2, 0.25) is 10.0 Å². The van der Waals surface area contributed by atoms with Crippen LogP contribution in [-0.2, 0) is 16.2 Å². The first-order chi connectivity index (χ1) is 13.5. The van der Waals surface area contributed by atoms with Crippen LogP contribution in [0.15, 0.2) is 53.4 Å². The van der Waals surface area contributed by atoms with Crippen molar-refractivity contribution in [2.45, 2.75) is 24.0 Å². The maximum Gasteiger partial charge on any atom is 0.416 e. The third-order valence-electron chi connectivity index (χ3n) is 4.76. The predicted octanol–water partition coefficient (Wildman–Crippen LogP) is 3.51. The molecule has 0 radical (unpaired) electrons. The number of benzene rings is 2. The van der Waals surface area contributed by atoms with Crippen molar-refractivity contribution in [3.63, 3.8) is 0 Å². The van der Waals surface area contributed by atoms with E-state index in [0.29, 0.717) is 6.07 Å². The van der Waals surface area contributed by atoms with Crippen molar-refractivity contribution in [3.8, 4) is 0 Å². The Bertz CT molecular complexity index is 1010. The summed E-state index contributed by atoms with van der Waals surface area (Å²) in [5.74, 6) is 0. The van der Waals surface area contributed by atoms with E-state index in [9.17, 15) is 31.7 Å². The maximum absolute atomic E-state index is 12.9. The van der Waals surface area contributed by atoms with Gasteiger partial charge in [-0.15, -0.1) is 0 Å². The third-order valence-corrected chi connectivity index (χ3v) is 6.78. The van der Waals surface area contributed by atoms with E-state index in [2.05, 4.69) is 0 Å². The summed E-state index contributed by atoms with van der Waals surface area (Å²) in [6.45, 7) is 1.93. The van der Waals surface area contributed by atoms with Gasteiger partial charge in [-0.3, -0.25) is 10.1 Å². The minimum Gasteiger partial charge on any atom is -0.363 e. The molecule has 0 spiro atoms. The largest absolute Gasteiger partial charge is 0.416 e. The normalized spacial score (nSPS) is 18.6. The van der Waals surface area contributed by atoms with Crippen LogP contribution in [0.25, 0.3) is 0 Å². The average molecular weight is 429 g/mol. The van der Waals surface area contributed by atoms with Crippen LogP contribution in [0.2, 0.25) is 0 Å². The Labute approximate surface area is 165 Å². The number of halogens is 3. The van der Waals surface area contributed by atoms with Crippen LogP contribution < -0.4 is 4.90 Å². The highest BCUT2D eigenvalue weighted by molar-refractivity contribution is 7.89. The van der Waals surface area contributed by atoms with Gasteiger partial charge in [0.05, 0.1) is 15.4 Å². The zero-order chi connectivity index (χ0) is 21.4. The Morgan fingerprint density at radius 3 is 2.31 bits per heavy atom. The Hall–Kier alpha value is -2.66. The van der Waals surface area contributed by atoms with Gasteiger partial charge < -0.3 is 4.90 Å². The lowest BCUT2D eigenvalue weighted by Gasteiger charge is -2.39. The van der Waals surface area contributed by atoms with E-state index < -0.39 is 38.4 Å². The van der Waals surface area contributed by atoms with Crippen molar-refractivity contribution in [2.24, 2.45) is 0 Å². The van der Waals surface area contributed by atoms with Gasteiger partial charge in [0.25, 0.3) is 5.69 Å². The van der Waals surface area contributed by atoms with E-state index in [0.717, 1.165) is 12.1 Å².